The molecule has 0 bridgehead atoms. The molecular formula is C27H35N3O3. The van der Waals surface area contributed by atoms with Crippen molar-refractivity contribution in [2.24, 2.45) is 0 Å². The van der Waals surface area contributed by atoms with E-state index in [0.717, 1.165) is 42.1 Å². The van der Waals surface area contributed by atoms with E-state index in [1.807, 2.05) is 72.3 Å². The number of aliphatic hydroxyl groups excluding tert-OH is 1. The van der Waals surface area contributed by atoms with Gasteiger partial charge < -0.3 is 14.6 Å². The molecule has 0 saturated carbocycles. The molecule has 0 aliphatic rings. The molecule has 176 valence electrons. The Kier molecular flexibility index (Phi) is 9.10. The lowest BCUT2D eigenvalue weighted by molar-refractivity contribution is 0.102. The first-order chi connectivity index (χ1) is 16.0. The molecule has 0 amide bonds. The number of allylic oxidation sites excluding steroid dienone is 1. The molecule has 6 heteroatoms. The number of hydrogen-bond donors (Lipinski definition) is 1. The number of ether oxygens (including phenoxy) is 2. The third kappa shape index (κ3) is 6.70. The normalized spacial score (nSPS) is 12.0. The van der Waals surface area contributed by atoms with Crippen LogP contribution in [0.4, 0.5) is 0 Å². The molecule has 0 unspecified atom stereocenters. The van der Waals surface area contributed by atoms with Crippen LogP contribution < -0.4 is 9.47 Å². The van der Waals surface area contributed by atoms with Crippen molar-refractivity contribution < 1.29 is 14.6 Å². The lowest BCUT2D eigenvalue weighted by Gasteiger charge is -2.25. The van der Waals surface area contributed by atoms with Crippen LogP contribution in [-0.2, 0) is 6.54 Å². The van der Waals surface area contributed by atoms with Crippen molar-refractivity contribution in [3.8, 4) is 23.1 Å². The van der Waals surface area contributed by atoms with Gasteiger partial charge in [0.2, 0.25) is 5.88 Å². The Morgan fingerprint density at radius 2 is 1.91 bits per heavy atom. The number of nitrogens with zero attached hydrogens (tertiary/aromatic N) is 3. The predicted molar refractivity (Wildman–Crippen MR) is 132 cm³/mol. The molecule has 0 saturated heterocycles. The molecule has 0 spiro atoms. The van der Waals surface area contributed by atoms with Crippen molar-refractivity contribution >= 4 is 0 Å². The third-order valence-electron chi connectivity index (χ3n) is 5.49. The number of methoxy groups -OCH3 is 1. The number of para-hydroxylation sites is 1. The van der Waals surface area contributed by atoms with Gasteiger partial charge in [-0.2, -0.15) is 5.10 Å². The van der Waals surface area contributed by atoms with Gasteiger partial charge in [-0.05, 0) is 57.0 Å². The molecule has 3 aromatic rings. The van der Waals surface area contributed by atoms with Crippen molar-refractivity contribution in [3.63, 3.8) is 0 Å². The van der Waals surface area contributed by atoms with Gasteiger partial charge in [-0.25, -0.2) is 4.68 Å². The fourth-order valence-electron chi connectivity index (χ4n) is 3.82. The fraction of sp³-hybridized carbons (Fsp3) is 0.370. The van der Waals surface area contributed by atoms with Crippen LogP contribution in [0.3, 0.4) is 0 Å². The number of aromatic nitrogens is 2. The minimum absolute atomic E-state index is 0.401. The summed E-state index contributed by atoms with van der Waals surface area (Å²) < 4.78 is 13.6. The van der Waals surface area contributed by atoms with Gasteiger partial charge in [0.1, 0.15) is 11.5 Å². The Labute approximate surface area is 197 Å². The SMILES string of the molecule is C=CCC[C@@H](O)CN(CCC)Cc1c(C)nn(-c2ccccc2)c1Oc1cccc(OC)c1. The first kappa shape index (κ1) is 24.6. The Morgan fingerprint density at radius 1 is 1.15 bits per heavy atom. The van der Waals surface area contributed by atoms with Crippen molar-refractivity contribution in [1.82, 2.24) is 14.7 Å². The minimum atomic E-state index is -0.401. The largest absolute Gasteiger partial charge is 0.497 e. The molecule has 1 atom stereocenters. The maximum absolute atomic E-state index is 10.5. The van der Waals surface area contributed by atoms with Gasteiger partial charge in [0.05, 0.1) is 30.2 Å². The molecular weight excluding hydrogens is 414 g/mol. The first-order valence-corrected chi connectivity index (χ1v) is 11.5. The predicted octanol–water partition coefficient (Wildman–Crippen LogP) is 5.52. The first-order valence-electron chi connectivity index (χ1n) is 11.5. The molecule has 0 aliphatic heterocycles. The van der Waals surface area contributed by atoms with Gasteiger partial charge in [0.25, 0.3) is 0 Å². The smallest absolute Gasteiger partial charge is 0.227 e. The van der Waals surface area contributed by atoms with Crippen molar-refractivity contribution in [2.75, 3.05) is 20.2 Å². The fourth-order valence-corrected chi connectivity index (χ4v) is 3.82. The van der Waals surface area contributed by atoms with Gasteiger partial charge in [-0.3, -0.25) is 4.90 Å². The summed E-state index contributed by atoms with van der Waals surface area (Å²) >= 11 is 0. The standard InChI is InChI=1S/C27H35N3O3/c1-5-7-14-23(31)19-29(17-6-2)20-26-21(3)28-30(22-12-9-8-10-13-22)27(26)33-25-16-11-15-24(18-25)32-4/h5,8-13,15-16,18,23,31H,1,6-7,14,17,19-20H2,2-4H3/t23-/m1/s1. The molecule has 6 nitrogen and oxygen atoms in total. The van der Waals surface area contributed by atoms with E-state index in [1.165, 1.54) is 0 Å². The van der Waals surface area contributed by atoms with Crippen LogP contribution in [0.5, 0.6) is 17.4 Å². The van der Waals surface area contributed by atoms with Crippen LogP contribution in [0.1, 0.15) is 37.4 Å². The lowest BCUT2D eigenvalue weighted by atomic mass is 10.1. The summed E-state index contributed by atoms with van der Waals surface area (Å²) in [5, 5.41) is 15.3. The average Bonchev–Trinajstić information content (AvgIpc) is 3.13. The van der Waals surface area contributed by atoms with Crippen LogP contribution in [0.15, 0.2) is 67.3 Å². The maximum atomic E-state index is 10.5. The van der Waals surface area contributed by atoms with Crippen molar-refractivity contribution in [2.45, 2.75) is 45.8 Å². The second kappa shape index (κ2) is 12.2. The van der Waals surface area contributed by atoms with Crippen LogP contribution in [0.25, 0.3) is 5.69 Å². The molecule has 0 fully saturated rings. The summed E-state index contributed by atoms with van der Waals surface area (Å²) in [6.45, 7) is 10.0. The van der Waals surface area contributed by atoms with Crippen LogP contribution in [-0.4, -0.2) is 46.1 Å². The minimum Gasteiger partial charge on any atom is -0.497 e. The Morgan fingerprint density at radius 3 is 2.61 bits per heavy atom. The third-order valence-corrected chi connectivity index (χ3v) is 5.49. The highest BCUT2D eigenvalue weighted by Crippen LogP contribution is 2.33. The Bertz CT molecular complexity index is 1020. The second-order valence-electron chi connectivity index (χ2n) is 8.15. The van der Waals surface area contributed by atoms with Gasteiger partial charge in [0, 0.05) is 19.2 Å². The molecule has 2 aromatic carbocycles. The number of aryl methyl sites for hydroxylation is 1. The Balaban J connectivity index is 1.96. The number of hydrogen-bond acceptors (Lipinski definition) is 5. The van der Waals surface area contributed by atoms with E-state index in [2.05, 4.69) is 18.4 Å². The van der Waals surface area contributed by atoms with E-state index < -0.39 is 6.10 Å². The van der Waals surface area contributed by atoms with Gasteiger partial charge in [-0.15, -0.1) is 6.58 Å². The molecule has 0 radical (unpaired) electrons. The molecule has 0 aliphatic carbocycles. The topological polar surface area (TPSA) is 59.8 Å². The van der Waals surface area contributed by atoms with Crippen molar-refractivity contribution in [1.29, 1.82) is 0 Å². The van der Waals surface area contributed by atoms with Crippen LogP contribution in [0.2, 0.25) is 0 Å². The molecule has 1 aromatic heterocycles. The number of benzene rings is 2. The number of aliphatic hydroxyl groups is 1. The highest BCUT2D eigenvalue weighted by atomic mass is 16.5. The molecule has 33 heavy (non-hydrogen) atoms. The van der Waals surface area contributed by atoms with Crippen LogP contribution in [0, 0.1) is 6.92 Å². The molecule has 3 rings (SSSR count). The highest BCUT2D eigenvalue weighted by molar-refractivity contribution is 5.44. The van der Waals surface area contributed by atoms with E-state index in [9.17, 15) is 5.11 Å². The molecule has 1 N–H and O–H groups in total. The zero-order valence-corrected chi connectivity index (χ0v) is 19.9. The summed E-state index contributed by atoms with van der Waals surface area (Å²) in [5.41, 5.74) is 2.84. The summed E-state index contributed by atoms with van der Waals surface area (Å²) in [6.07, 6.45) is 3.95. The zero-order valence-electron chi connectivity index (χ0n) is 19.9. The van der Waals surface area contributed by atoms with Gasteiger partial charge in [-0.1, -0.05) is 37.3 Å². The monoisotopic (exact) mass is 449 g/mol. The Hall–Kier alpha value is -3.09. The van der Waals surface area contributed by atoms with Gasteiger partial charge >= 0.3 is 0 Å². The van der Waals surface area contributed by atoms with Gasteiger partial charge in [0.15, 0.2) is 0 Å². The number of rotatable bonds is 13. The van der Waals surface area contributed by atoms with Crippen LogP contribution >= 0.6 is 0 Å². The summed E-state index contributed by atoms with van der Waals surface area (Å²) in [6, 6.07) is 17.6. The van der Waals surface area contributed by atoms with E-state index >= 15 is 0 Å². The quantitative estimate of drug-likeness (QED) is 0.348. The summed E-state index contributed by atoms with van der Waals surface area (Å²) in [7, 11) is 1.64. The highest BCUT2D eigenvalue weighted by Gasteiger charge is 2.22. The average molecular weight is 450 g/mol. The summed E-state index contributed by atoms with van der Waals surface area (Å²) in [5.74, 6) is 2.09. The van der Waals surface area contributed by atoms with Crippen molar-refractivity contribution in [3.05, 3.63) is 78.5 Å². The summed E-state index contributed by atoms with van der Waals surface area (Å²) in [4.78, 5) is 2.27. The van der Waals surface area contributed by atoms with E-state index in [-0.39, 0.29) is 0 Å². The van der Waals surface area contributed by atoms with E-state index in [0.29, 0.717) is 31.1 Å². The lowest BCUT2D eigenvalue weighted by Crippen LogP contribution is -2.33. The zero-order chi connectivity index (χ0) is 23.6. The van der Waals surface area contributed by atoms with E-state index in [4.69, 9.17) is 14.6 Å². The van der Waals surface area contributed by atoms with E-state index in [1.54, 1.807) is 7.11 Å². The molecule has 1 heterocycles. The maximum Gasteiger partial charge on any atom is 0.227 e. The second-order valence-corrected chi connectivity index (χ2v) is 8.15.